The molecule has 1 amide bonds. The number of hydrogen-bond donors (Lipinski definition) is 4. The lowest BCUT2D eigenvalue weighted by Gasteiger charge is -2.09. The fourth-order valence-corrected chi connectivity index (χ4v) is 2.80. The molecule has 0 saturated heterocycles. The summed E-state index contributed by atoms with van der Waals surface area (Å²) >= 11 is 0. The van der Waals surface area contributed by atoms with Crippen molar-refractivity contribution >= 4 is 17.8 Å². The molecule has 5 N–H and O–H groups in total. The minimum absolute atomic E-state index is 0.0918. The van der Waals surface area contributed by atoms with E-state index < -0.39 is 30.6 Å². The summed E-state index contributed by atoms with van der Waals surface area (Å²) in [6.07, 6.45) is 13.9. The normalized spacial score (nSPS) is 13.0. The van der Waals surface area contributed by atoms with E-state index in [2.05, 4.69) is 28.9 Å². The molecule has 0 aromatic rings. The molecule has 0 heterocycles. The van der Waals surface area contributed by atoms with Gasteiger partial charge in [-0.2, -0.15) is 0 Å². The van der Waals surface area contributed by atoms with Gasteiger partial charge in [0.1, 0.15) is 0 Å². The van der Waals surface area contributed by atoms with Crippen molar-refractivity contribution in [2.75, 3.05) is 6.54 Å². The van der Waals surface area contributed by atoms with Crippen LogP contribution in [0.1, 0.15) is 90.4 Å². The van der Waals surface area contributed by atoms with Crippen molar-refractivity contribution in [2.24, 2.45) is 5.73 Å². The summed E-state index contributed by atoms with van der Waals surface area (Å²) in [4.78, 5) is 42.2. The predicted octanol–water partition coefficient (Wildman–Crippen LogP) is 2.39. The fraction of sp³-hybridized carbons (Fsp3) is 0.773. The topological polar surface area (TPSA) is 148 Å². The quantitative estimate of drug-likeness (QED) is 0.0828. The zero-order valence-electron chi connectivity index (χ0n) is 18.7. The Labute approximate surface area is 185 Å². The van der Waals surface area contributed by atoms with Crippen molar-refractivity contribution in [3.05, 3.63) is 12.2 Å². The van der Waals surface area contributed by atoms with Crippen LogP contribution in [0.25, 0.3) is 0 Å². The van der Waals surface area contributed by atoms with E-state index in [0.717, 1.165) is 51.4 Å². The Morgan fingerprint density at radius 3 is 2.32 bits per heavy atom. The molecule has 0 spiro atoms. The van der Waals surface area contributed by atoms with Crippen molar-refractivity contribution in [3.8, 4) is 0 Å². The first kappa shape index (κ1) is 29.0. The average molecular weight is 445 g/mol. The molecule has 31 heavy (non-hydrogen) atoms. The Balaban J connectivity index is 3.56. The maximum atomic E-state index is 11.5. The highest BCUT2D eigenvalue weighted by Gasteiger charge is 2.21. The van der Waals surface area contributed by atoms with Crippen molar-refractivity contribution in [3.63, 3.8) is 0 Å². The van der Waals surface area contributed by atoms with Gasteiger partial charge < -0.3 is 21.3 Å². The zero-order chi connectivity index (χ0) is 23.3. The minimum atomic E-state index is -1.94. The van der Waals surface area contributed by atoms with Crippen LogP contribution in [0, 0.1) is 0 Å². The number of carbonyl (C=O) groups is 3. The first-order valence-corrected chi connectivity index (χ1v) is 11.3. The fourth-order valence-electron chi connectivity index (χ4n) is 2.80. The lowest BCUT2D eigenvalue weighted by Crippen LogP contribution is -2.44. The maximum Gasteiger partial charge on any atom is 0.404 e. The lowest BCUT2D eigenvalue weighted by atomic mass is 10.1. The molecular formula is C22H40N2O7. The zero-order valence-corrected chi connectivity index (χ0v) is 18.7. The molecule has 0 aromatic carbocycles. The van der Waals surface area contributed by atoms with Gasteiger partial charge in [0.15, 0.2) is 0 Å². The van der Waals surface area contributed by atoms with Gasteiger partial charge in [0.05, 0.1) is 19.1 Å². The first-order valence-electron chi connectivity index (χ1n) is 11.3. The van der Waals surface area contributed by atoms with E-state index in [0.29, 0.717) is 6.42 Å². The Hall–Kier alpha value is -1.97. The molecule has 180 valence electrons. The van der Waals surface area contributed by atoms with Crippen LogP contribution in [0.15, 0.2) is 12.2 Å². The van der Waals surface area contributed by atoms with E-state index in [9.17, 15) is 24.6 Å². The van der Waals surface area contributed by atoms with Crippen LogP contribution >= 0.6 is 0 Å². The van der Waals surface area contributed by atoms with E-state index in [4.69, 9.17) is 5.73 Å². The van der Waals surface area contributed by atoms with Gasteiger partial charge in [0.25, 0.3) is 0 Å². The second-order valence-corrected chi connectivity index (χ2v) is 7.55. The van der Waals surface area contributed by atoms with Gasteiger partial charge >= 0.3 is 11.9 Å². The second-order valence-electron chi connectivity index (χ2n) is 7.55. The van der Waals surface area contributed by atoms with Crippen molar-refractivity contribution in [2.45, 2.75) is 103 Å². The van der Waals surface area contributed by atoms with Crippen LogP contribution in [-0.4, -0.2) is 46.9 Å². The molecule has 0 aliphatic rings. The highest BCUT2D eigenvalue weighted by atomic mass is 17.2. The highest BCUT2D eigenvalue weighted by Crippen LogP contribution is 2.11. The van der Waals surface area contributed by atoms with E-state index in [1.807, 2.05) is 5.32 Å². The minimum Gasteiger partial charge on any atom is -0.393 e. The molecule has 0 bridgehead atoms. The van der Waals surface area contributed by atoms with Gasteiger partial charge in [-0.15, -0.1) is 0 Å². The van der Waals surface area contributed by atoms with Crippen molar-refractivity contribution in [1.82, 2.24) is 5.32 Å². The van der Waals surface area contributed by atoms with Gasteiger partial charge in [0.2, 0.25) is 12.1 Å². The molecule has 0 aliphatic carbocycles. The monoisotopic (exact) mass is 444 g/mol. The number of nitrogens with one attached hydrogen (secondary N) is 1. The summed E-state index contributed by atoms with van der Waals surface area (Å²) in [6.45, 7) is 1.78. The molecule has 0 aromatic heterocycles. The number of nitrogens with two attached hydrogens (primary N) is 1. The lowest BCUT2D eigenvalue weighted by molar-refractivity contribution is -0.265. The largest absolute Gasteiger partial charge is 0.404 e. The van der Waals surface area contributed by atoms with E-state index in [1.165, 1.54) is 19.3 Å². The summed E-state index contributed by atoms with van der Waals surface area (Å²) < 4.78 is 0. The second kappa shape index (κ2) is 20.0. The van der Waals surface area contributed by atoms with Gasteiger partial charge in [-0.1, -0.05) is 64.0 Å². The highest BCUT2D eigenvalue weighted by molar-refractivity contribution is 5.84. The van der Waals surface area contributed by atoms with Gasteiger partial charge in [-0.3, -0.25) is 4.79 Å². The molecule has 9 nitrogen and oxygen atoms in total. The summed E-state index contributed by atoms with van der Waals surface area (Å²) in [5.74, 6) is -2.77. The Kier molecular flexibility index (Phi) is 18.7. The third-order valence-electron chi connectivity index (χ3n) is 4.64. The van der Waals surface area contributed by atoms with Crippen LogP contribution < -0.4 is 11.1 Å². The standard InChI is InChI=1S/C22H40N2O7/c1-2-3-4-11-14-18(25)15-12-9-7-5-6-8-10-13-16-20(27)30-31-22(29)21(28)24-19(26)17-23/h9,12,18,21,25,28H,2-8,10-11,13-17,23H2,1H3,(H,24,26)/b12-9-. The summed E-state index contributed by atoms with van der Waals surface area (Å²) in [7, 11) is 0. The third-order valence-corrected chi connectivity index (χ3v) is 4.64. The average Bonchev–Trinajstić information content (AvgIpc) is 2.75. The predicted molar refractivity (Wildman–Crippen MR) is 116 cm³/mol. The molecule has 0 radical (unpaired) electrons. The number of carbonyl (C=O) groups excluding carboxylic acids is 3. The third kappa shape index (κ3) is 18.5. The number of aliphatic hydroxyl groups is 2. The molecule has 2 unspecified atom stereocenters. The smallest absolute Gasteiger partial charge is 0.393 e. The van der Waals surface area contributed by atoms with Crippen molar-refractivity contribution in [1.29, 1.82) is 0 Å². The first-order chi connectivity index (χ1) is 14.9. The number of rotatable bonds is 18. The molecule has 0 saturated carbocycles. The molecular weight excluding hydrogens is 404 g/mol. The molecule has 0 rings (SSSR count). The number of allylic oxidation sites excluding steroid dienone is 1. The molecule has 9 heteroatoms. The van der Waals surface area contributed by atoms with Crippen LogP contribution in [0.2, 0.25) is 0 Å². The van der Waals surface area contributed by atoms with E-state index >= 15 is 0 Å². The Morgan fingerprint density at radius 2 is 1.61 bits per heavy atom. The van der Waals surface area contributed by atoms with Crippen LogP contribution in [0.5, 0.6) is 0 Å². The van der Waals surface area contributed by atoms with E-state index in [1.54, 1.807) is 0 Å². The SMILES string of the molecule is CCCCCCC(O)C/C=C\CCCCCCCC(=O)OOC(=O)C(O)NC(=O)CN. The van der Waals surface area contributed by atoms with Gasteiger partial charge in [-0.25, -0.2) is 19.4 Å². The van der Waals surface area contributed by atoms with Crippen LogP contribution in [0.3, 0.4) is 0 Å². The number of aliphatic hydroxyl groups excluding tert-OH is 2. The molecule has 2 atom stereocenters. The van der Waals surface area contributed by atoms with Crippen LogP contribution in [0.4, 0.5) is 0 Å². The van der Waals surface area contributed by atoms with Crippen LogP contribution in [-0.2, 0) is 24.2 Å². The Morgan fingerprint density at radius 1 is 0.935 bits per heavy atom. The van der Waals surface area contributed by atoms with Crippen molar-refractivity contribution < 1.29 is 34.4 Å². The number of amides is 1. The molecule has 0 aliphatic heterocycles. The summed E-state index contributed by atoms with van der Waals surface area (Å²) in [6, 6.07) is 0. The number of unbranched alkanes of at least 4 members (excludes halogenated alkanes) is 8. The van der Waals surface area contributed by atoms with Gasteiger partial charge in [0, 0.05) is 0 Å². The van der Waals surface area contributed by atoms with E-state index in [-0.39, 0.29) is 12.5 Å². The Bertz CT molecular complexity index is 526. The summed E-state index contributed by atoms with van der Waals surface area (Å²) in [5.41, 5.74) is 5.02. The summed E-state index contributed by atoms with van der Waals surface area (Å²) in [5, 5.41) is 21.0. The van der Waals surface area contributed by atoms with Gasteiger partial charge in [-0.05, 0) is 32.1 Å². The maximum absolute atomic E-state index is 11.5. The number of hydrogen-bond acceptors (Lipinski definition) is 8. The molecule has 0 fully saturated rings.